The summed E-state index contributed by atoms with van der Waals surface area (Å²) in [6, 6.07) is 3.60. The summed E-state index contributed by atoms with van der Waals surface area (Å²) in [4.78, 5) is 11.4. The minimum atomic E-state index is 0.234. The van der Waals surface area contributed by atoms with Gasteiger partial charge in [-0.2, -0.15) is 0 Å². The first-order chi connectivity index (χ1) is 9.13. The summed E-state index contributed by atoms with van der Waals surface area (Å²) in [6.45, 7) is 7.60. The van der Waals surface area contributed by atoms with Gasteiger partial charge in [0.25, 0.3) is 0 Å². The Morgan fingerprint density at radius 2 is 1.84 bits per heavy atom. The van der Waals surface area contributed by atoms with E-state index in [4.69, 9.17) is 0 Å². The van der Waals surface area contributed by atoms with Crippen LogP contribution in [0.1, 0.15) is 5.69 Å². The van der Waals surface area contributed by atoms with Crippen LogP contribution < -0.4 is 0 Å². The first-order valence-corrected chi connectivity index (χ1v) is 6.87. The van der Waals surface area contributed by atoms with Crippen molar-refractivity contribution >= 4 is 0 Å². The van der Waals surface area contributed by atoms with E-state index in [1.54, 1.807) is 6.07 Å². The maximum Gasteiger partial charge on any atom is 0.133 e. The Hall–Kier alpha value is -1.17. The van der Waals surface area contributed by atoms with E-state index in [0.29, 0.717) is 0 Å². The van der Waals surface area contributed by atoms with Crippen molar-refractivity contribution in [3.63, 3.8) is 0 Å². The number of rotatable bonds is 5. The number of piperazine rings is 1. The second-order valence-electron chi connectivity index (χ2n) is 5.43. The standard InChI is InChI=1S/C14H24N4O/c1-16(2)5-6-17-7-9-18(10-8-17)12-13-3-4-14(19)11-15-13/h3-4,11,19H,5-10,12H2,1-2H3. The van der Waals surface area contributed by atoms with E-state index in [9.17, 15) is 5.11 Å². The van der Waals surface area contributed by atoms with Gasteiger partial charge in [-0.25, -0.2) is 0 Å². The highest BCUT2D eigenvalue weighted by molar-refractivity contribution is 5.17. The number of aromatic nitrogens is 1. The molecule has 2 heterocycles. The second kappa shape index (κ2) is 6.84. The summed E-state index contributed by atoms with van der Waals surface area (Å²) in [5.41, 5.74) is 1.03. The molecule has 0 spiro atoms. The minimum Gasteiger partial charge on any atom is -0.506 e. The van der Waals surface area contributed by atoms with Gasteiger partial charge in [-0.1, -0.05) is 0 Å². The van der Waals surface area contributed by atoms with Crippen LogP contribution in [0.25, 0.3) is 0 Å². The molecular formula is C14H24N4O. The van der Waals surface area contributed by atoms with Crippen molar-refractivity contribution in [2.24, 2.45) is 0 Å². The van der Waals surface area contributed by atoms with Crippen molar-refractivity contribution in [3.05, 3.63) is 24.0 Å². The summed E-state index contributed by atoms with van der Waals surface area (Å²) < 4.78 is 0. The van der Waals surface area contributed by atoms with Crippen LogP contribution in [0.15, 0.2) is 18.3 Å². The third-order valence-corrected chi connectivity index (χ3v) is 3.52. The summed E-state index contributed by atoms with van der Waals surface area (Å²) in [5, 5.41) is 9.21. The second-order valence-corrected chi connectivity index (χ2v) is 5.43. The lowest BCUT2D eigenvalue weighted by molar-refractivity contribution is 0.119. The fraction of sp³-hybridized carbons (Fsp3) is 0.643. The molecule has 0 atom stereocenters. The number of pyridine rings is 1. The lowest BCUT2D eigenvalue weighted by Crippen LogP contribution is -2.47. The zero-order valence-corrected chi connectivity index (χ0v) is 11.9. The summed E-state index contributed by atoms with van der Waals surface area (Å²) >= 11 is 0. The highest BCUT2D eigenvalue weighted by Crippen LogP contribution is 2.10. The topological polar surface area (TPSA) is 42.8 Å². The molecule has 0 unspecified atom stereocenters. The molecule has 1 aromatic heterocycles. The maximum atomic E-state index is 9.21. The van der Waals surface area contributed by atoms with Crippen LogP contribution in [-0.4, -0.2) is 78.2 Å². The van der Waals surface area contributed by atoms with E-state index in [1.807, 2.05) is 6.07 Å². The first kappa shape index (κ1) is 14.2. The van der Waals surface area contributed by atoms with Crippen LogP contribution in [0.2, 0.25) is 0 Å². The molecular weight excluding hydrogens is 240 g/mol. The molecule has 0 aromatic carbocycles. The van der Waals surface area contributed by atoms with E-state index >= 15 is 0 Å². The molecule has 5 heteroatoms. The molecule has 106 valence electrons. The Morgan fingerprint density at radius 1 is 1.16 bits per heavy atom. The third-order valence-electron chi connectivity index (χ3n) is 3.52. The number of likely N-dealkylation sites (N-methyl/N-ethyl adjacent to an activating group) is 1. The van der Waals surface area contributed by atoms with Crippen LogP contribution in [0, 0.1) is 0 Å². The Morgan fingerprint density at radius 3 is 2.42 bits per heavy atom. The van der Waals surface area contributed by atoms with Gasteiger partial charge in [0, 0.05) is 45.8 Å². The molecule has 0 saturated carbocycles. The lowest BCUT2D eigenvalue weighted by Gasteiger charge is -2.34. The molecule has 0 radical (unpaired) electrons. The fourth-order valence-corrected chi connectivity index (χ4v) is 2.25. The van der Waals surface area contributed by atoms with Gasteiger partial charge in [-0.05, 0) is 26.2 Å². The first-order valence-electron chi connectivity index (χ1n) is 6.87. The zero-order valence-electron chi connectivity index (χ0n) is 11.9. The normalized spacial score (nSPS) is 18.1. The summed E-state index contributed by atoms with van der Waals surface area (Å²) in [7, 11) is 4.24. The maximum absolute atomic E-state index is 9.21. The number of nitrogens with zero attached hydrogens (tertiary/aromatic N) is 4. The molecule has 0 aliphatic carbocycles. The Kier molecular flexibility index (Phi) is 5.13. The Labute approximate surface area is 115 Å². The number of hydrogen-bond acceptors (Lipinski definition) is 5. The molecule has 1 aliphatic heterocycles. The number of aromatic hydroxyl groups is 1. The molecule has 1 N–H and O–H groups in total. The van der Waals surface area contributed by atoms with Crippen molar-refractivity contribution in [2.75, 3.05) is 53.4 Å². The van der Waals surface area contributed by atoms with Crippen LogP contribution in [0.5, 0.6) is 5.75 Å². The van der Waals surface area contributed by atoms with E-state index in [2.05, 4.69) is 33.8 Å². The van der Waals surface area contributed by atoms with Gasteiger partial charge in [0.2, 0.25) is 0 Å². The van der Waals surface area contributed by atoms with Crippen molar-refractivity contribution in [1.82, 2.24) is 19.7 Å². The van der Waals surface area contributed by atoms with Crippen molar-refractivity contribution in [1.29, 1.82) is 0 Å². The minimum absolute atomic E-state index is 0.234. The predicted octanol–water partition coefficient (Wildman–Crippen LogP) is 0.466. The van der Waals surface area contributed by atoms with E-state index in [1.165, 1.54) is 6.20 Å². The molecule has 1 fully saturated rings. The quantitative estimate of drug-likeness (QED) is 0.837. The SMILES string of the molecule is CN(C)CCN1CCN(Cc2ccc(O)cn2)CC1. The highest BCUT2D eigenvalue weighted by atomic mass is 16.3. The zero-order chi connectivity index (χ0) is 13.7. The van der Waals surface area contributed by atoms with Gasteiger partial charge in [-0.3, -0.25) is 14.8 Å². The lowest BCUT2D eigenvalue weighted by atomic mass is 10.2. The molecule has 1 aliphatic rings. The van der Waals surface area contributed by atoms with Gasteiger partial charge >= 0.3 is 0 Å². The molecule has 0 amide bonds. The molecule has 1 saturated heterocycles. The molecule has 2 rings (SSSR count). The van der Waals surface area contributed by atoms with E-state index in [0.717, 1.165) is 51.5 Å². The average molecular weight is 264 g/mol. The smallest absolute Gasteiger partial charge is 0.133 e. The Balaban J connectivity index is 1.72. The van der Waals surface area contributed by atoms with Crippen molar-refractivity contribution < 1.29 is 5.11 Å². The third kappa shape index (κ3) is 4.78. The van der Waals surface area contributed by atoms with E-state index in [-0.39, 0.29) is 5.75 Å². The highest BCUT2D eigenvalue weighted by Gasteiger charge is 2.16. The summed E-state index contributed by atoms with van der Waals surface area (Å²) in [5.74, 6) is 0.234. The largest absolute Gasteiger partial charge is 0.506 e. The van der Waals surface area contributed by atoms with Gasteiger partial charge in [0.15, 0.2) is 0 Å². The molecule has 19 heavy (non-hydrogen) atoms. The van der Waals surface area contributed by atoms with Crippen LogP contribution >= 0.6 is 0 Å². The average Bonchev–Trinajstić information content (AvgIpc) is 2.40. The van der Waals surface area contributed by atoms with Gasteiger partial charge < -0.3 is 10.0 Å². The van der Waals surface area contributed by atoms with Gasteiger partial charge in [0.05, 0.1) is 11.9 Å². The summed E-state index contributed by atoms with van der Waals surface area (Å²) in [6.07, 6.45) is 1.52. The van der Waals surface area contributed by atoms with Crippen LogP contribution in [-0.2, 0) is 6.54 Å². The van der Waals surface area contributed by atoms with Crippen LogP contribution in [0.3, 0.4) is 0 Å². The Bertz CT molecular complexity index is 372. The predicted molar refractivity (Wildman–Crippen MR) is 76.2 cm³/mol. The van der Waals surface area contributed by atoms with Crippen LogP contribution in [0.4, 0.5) is 0 Å². The van der Waals surface area contributed by atoms with E-state index < -0.39 is 0 Å². The van der Waals surface area contributed by atoms with Crippen molar-refractivity contribution in [2.45, 2.75) is 6.54 Å². The molecule has 1 aromatic rings. The molecule has 0 bridgehead atoms. The molecule has 5 nitrogen and oxygen atoms in total. The number of hydrogen-bond donors (Lipinski definition) is 1. The monoisotopic (exact) mass is 264 g/mol. The van der Waals surface area contributed by atoms with Gasteiger partial charge in [-0.15, -0.1) is 0 Å². The van der Waals surface area contributed by atoms with Gasteiger partial charge in [0.1, 0.15) is 5.75 Å². The fourth-order valence-electron chi connectivity index (χ4n) is 2.25. The van der Waals surface area contributed by atoms with Crippen molar-refractivity contribution in [3.8, 4) is 5.75 Å².